The fourth-order valence-corrected chi connectivity index (χ4v) is 4.11. The lowest BCUT2D eigenvalue weighted by atomic mass is 9.95. The number of nitrogens with zero attached hydrogens (tertiary/aromatic N) is 1. The molecule has 0 spiro atoms. The van der Waals surface area contributed by atoms with Crippen LogP contribution in [0.1, 0.15) is 41.7 Å². The van der Waals surface area contributed by atoms with Gasteiger partial charge in [0.05, 0.1) is 11.4 Å². The van der Waals surface area contributed by atoms with Crippen LogP contribution in [0.3, 0.4) is 0 Å². The predicted molar refractivity (Wildman–Crippen MR) is 125 cm³/mol. The van der Waals surface area contributed by atoms with E-state index in [1.165, 1.54) is 23.3 Å². The molecule has 1 atom stereocenters. The standard InChI is InChI=1S/C26H24ClFN2O/c1-3-16-5-6-17(4-2)19(13-16)14-24-26(31)30-23-12-9-20(27)15-22(23)25(29-24)18-7-10-21(28)11-8-18/h5-13,15,24H,3-4,14H2,1-2H3,(H,30,31). The Morgan fingerprint density at radius 3 is 2.45 bits per heavy atom. The number of rotatable bonds is 5. The fraction of sp³-hybridized carbons (Fsp3) is 0.231. The van der Waals surface area contributed by atoms with Crippen LogP contribution in [0.5, 0.6) is 0 Å². The lowest BCUT2D eigenvalue weighted by Crippen LogP contribution is -2.28. The minimum absolute atomic E-state index is 0.162. The Kier molecular flexibility index (Phi) is 6.19. The highest BCUT2D eigenvalue weighted by atomic mass is 35.5. The third-order valence-corrected chi connectivity index (χ3v) is 5.91. The number of halogens is 2. The molecule has 0 fully saturated rings. The van der Waals surface area contributed by atoms with Crippen LogP contribution in [-0.2, 0) is 24.1 Å². The van der Waals surface area contributed by atoms with Crippen LogP contribution < -0.4 is 5.32 Å². The van der Waals surface area contributed by atoms with E-state index < -0.39 is 6.04 Å². The zero-order valence-corrected chi connectivity index (χ0v) is 18.3. The summed E-state index contributed by atoms with van der Waals surface area (Å²) in [6.07, 6.45) is 2.31. The molecule has 0 radical (unpaired) electrons. The normalized spacial score (nSPS) is 15.7. The van der Waals surface area contributed by atoms with Crippen LogP contribution in [0.15, 0.2) is 65.7 Å². The molecule has 31 heavy (non-hydrogen) atoms. The highest BCUT2D eigenvalue weighted by Crippen LogP contribution is 2.28. The Balaban J connectivity index is 1.82. The van der Waals surface area contributed by atoms with E-state index in [0.717, 1.165) is 29.5 Å². The number of hydrogen-bond donors (Lipinski definition) is 1. The number of carbonyl (C=O) groups is 1. The minimum Gasteiger partial charge on any atom is -0.324 e. The summed E-state index contributed by atoms with van der Waals surface area (Å²) in [5, 5.41) is 3.56. The van der Waals surface area contributed by atoms with E-state index in [-0.39, 0.29) is 11.7 Å². The number of anilines is 1. The van der Waals surface area contributed by atoms with Crippen LogP contribution >= 0.6 is 11.6 Å². The molecule has 5 heteroatoms. The first-order chi connectivity index (χ1) is 15.0. The topological polar surface area (TPSA) is 41.5 Å². The van der Waals surface area contributed by atoms with Gasteiger partial charge in [-0.3, -0.25) is 9.79 Å². The van der Waals surface area contributed by atoms with Gasteiger partial charge in [-0.2, -0.15) is 0 Å². The molecule has 3 aromatic carbocycles. The van der Waals surface area contributed by atoms with Crippen molar-refractivity contribution in [1.82, 2.24) is 0 Å². The number of fused-ring (bicyclic) bond motifs is 1. The lowest BCUT2D eigenvalue weighted by Gasteiger charge is -2.15. The van der Waals surface area contributed by atoms with Crippen molar-refractivity contribution in [2.45, 2.75) is 39.2 Å². The first-order valence-corrected chi connectivity index (χ1v) is 10.9. The summed E-state index contributed by atoms with van der Waals surface area (Å²) in [5.41, 5.74) is 6.33. The summed E-state index contributed by atoms with van der Waals surface area (Å²) < 4.78 is 13.5. The molecular formula is C26H24ClFN2O. The van der Waals surface area contributed by atoms with Gasteiger partial charge in [-0.15, -0.1) is 0 Å². The van der Waals surface area contributed by atoms with Gasteiger partial charge < -0.3 is 5.32 Å². The molecule has 1 amide bonds. The first-order valence-electron chi connectivity index (χ1n) is 10.5. The van der Waals surface area contributed by atoms with Crippen molar-refractivity contribution < 1.29 is 9.18 Å². The highest BCUT2D eigenvalue weighted by molar-refractivity contribution is 6.32. The smallest absolute Gasteiger partial charge is 0.249 e. The maximum Gasteiger partial charge on any atom is 0.249 e. The monoisotopic (exact) mass is 434 g/mol. The van der Waals surface area contributed by atoms with E-state index in [4.69, 9.17) is 16.6 Å². The summed E-state index contributed by atoms with van der Waals surface area (Å²) >= 11 is 6.26. The second kappa shape index (κ2) is 9.03. The fourth-order valence-electron chi connectivity index (χ4n) is 3.94. The number of aliphatic imine (C=N–C) groups is 1. The second-order valence-electron chi connectivity index (χ2n) is 7.69. The zero-order chi connectivity index (χ0) is 22.0. The Morgan fingerprint density at radius 2 is 1.74 bits per heavy atom. The van der Waals surface area contributed by atoms with Crippen LogP contribution in [-0.4, -0.2) is 17.7 Å². The molecule has 4 rings (SSSR count). The molecule has 158 valence electrons. The molecule has 1 aliphatic heterocycles. The van der Waals surface area contributed by atoms with Crippen molar-refractivity contribution in [3.05, 3.63) is 99.3 Å². The predicted octanol–water partition coefficient (Wildman–Crippen LogP) is 6.00. The van der Waals surface area contributed by atoms with Gasteiger partial charge >= 0.3 is 0 Å². The molecule has 0 saturated carbocycles. The molecule has 1 N–H and O–H groups in total. The van der Waals surface area contributed by atoms with Crippen LogP contribution in [0.25, 0.3) is 0 Å². The third kappa shape index (κ3) is 4.54. The molecule has 0 aromatic heterocycles. The molecule has 0 bridgehead atoms. The van der Waals surface area contributed by atoms with Crippen LogP contribution in [0.4, 0.5) is 10.1 Å². The number of benzene rings is 3. The average molecular weight is 435 g/mol. The summed E-state index contributed by atoms with van der Waals surface area (Å²) in [6, 6.07) is 17.3. The SMILES string of the molecule is CCc1ccc(CC)c(CC2N=C(c3ccc(F)cc3)c3cc(Cl)ccc3NC2=O)c1. The molecule has 0 saturated heterocycles. The third-order valence-electron chi connectivity index (χ3n) is 5.67. The van der Waals surface area contributed by atoms with Gasteiger partial charge in [0.15, 0.2) is 0 Å². The minimum atomic E-state index is -0.608. The Hall–Kier alpha value is -2.98. The number of carbonyl (C=O) groups excluding carboxylic acids is 1. The molecular weight excluding hydrogens is 411 g/mol. The number of nitrogens with one attached hydrogen (secondary N) is 1. The van der Waals surface area contributed by atoms with Gasteiger partial charge in [-0.05, 0) is 72.0 Å². The van der Waals surface area contributed by atoms with Gasteiger partial charge in [0.1, 0.15) is 11.9 Å². The van der Waals surface area contributed by atoms with Crippen molar-refractivity contribution in [2.24, 2.45) is 4.99 Å². The van der Waals surface area contributed by atoms with E-state index in [0.29, 0.717) is 22.8 Å². The average Bonchev–Trinajstić information content (AvgIpc) is 2.90. The van der Waals surface area contributed by atoms with Gasteiger partial charge in [0.2, 0.25) is 5.91 Å². The Labute approximate surface area is 187 Å². The first kappa shape index (κ1) is 21.3. The number of benzodiazepines with no additional fused rings is 1. The molecule has 3 aromatic rings. The summed E-state index contributed by atoms with van der Waals surface area (Å²) in [5.74, 6) is -0.483. The van der Waals surface area contributed by atoms with E-state index in [2.05, 4.69) is 37.4 Å². The van der Waals surface area contributed by atoms with Crippen molar-refractivity contribution in [3.63, 3.8) is 0 Å². The van der Waals surface area contributed by atoms with Gasteiger partial charge in [-0.1, -0.05) is 43.6 Å². The maximum atomic E-state index is 13.5. The van der Waals surface area contributed by atoms with Gasteiger partial charge in [-0.25, -0.2) is 4.39 Å². The maximum absolute atomic E-state index is 13.5. The van der Waals surface area contributed by atoms with Gasteiger partial charge in [0.25, 0.3) is 0 Å². The number of aryl methyl sites for hydroxylation is 2. The van der Waals surface area contributed by atoms with E-state index in [1.807, 2.05) is 0 Å². The van der Waals surface area contributed by atoms with Crippen molar-refractivity contribution in [1.29, 1.82) is 0 Å². The number of amides is 1. The van der Waals surface area contributed by atoms with Gasteiger partial charge in [0, 0.05) is 22.6 Å². The van der Waals surface area contributed by atoms with Crippen molar-refractivity contribution in [3.8, 4) is 0 Å². The van der Waals surface area contributed by atoms with E-state index in [9.17, 15) is 9.18 Å². The van der Waals surface area contributed by atoms with Crippen molar-refractivity contribution >= 4 is 28.9 Å². The second-order valence-corrected chi connectivity index (χ2v) is 8.13. The summed E-state index contributed by atoms with van der Waals surface area (Å²) in [7, 11) is 0. The molecule has 3 nitrogen and oxygen atoms in total. The van der Waals surface area contributed by atoms with Crippen LogP contribution in [0.2, 0.25) is 5.02 Å². The summed E-state index contributed by atoms with van der Waals surface area (Å²) in [6.45, 7) is 4.23. The largest absolute Gasteiger partial charge is 0.324 e. The van der Waals surface area contributed by atoms with E-state index in [1.54, 1.807) is 30.3 Å². The Bertz CT molecular complexity index is 1150. The molecule has 0 aliphatic carbocycles. The van der Waals surface area contributed by atoms with E-state index >= 15 is 0 Å². The molecule has 1 heterocycles. The highest BCUT2D eigenvalue weighted by Gasteiger charge is 2.27. The Morgan fingerprint density at radius 1 is 0.968 bits per heavy atom. The zero-order valence-electron chi connectivity index (χ0n) is 17.6. The summed E-state index contributed by atoms with van der Waals surface area (Å²) in [4.78, 5) is 18.0. The quantitative estimate of drug-likeness (QED) is 0.525. The number of hydrogen-bond acceptors (Lipinski definition) is 2. The van der Waals surface area contributed by atoms with Crippen LogP contribution in [0, 0.1) is 5.82 Å². The van der Waals surface area contributed by atoms with Crippen molar-refractivity contribution in [2.75, 3.05) is 5.32 Å². The lowest BCUT2D eigenvalue weighted by molar-refractivity contribution is -0.117. The molecule has 1 aliphatic rings. The molecule has 1 unspecified atom stereocenters.